The van der Waals surface area contributed by atoms with E-state index in [9.17, 15) is 0 Å². The van der Waals surface area contributed by atoms with Crippen molar-refractivity contribution in [3.63, 3.8) is 0 Å². The van der Waals surface area contributed by atoms with Crippen LogP contribution in [0, 0.1) is 5.92 Å². The Morgan fingerprint density at radius 2 is 1.88 bits per heavy atom. The molecule has 1 aromatic heterocycles. The fraction of sp³-hybridized carbons (Fsp3) is 0.727. The molecule has 1 heterocycles. The molecule has 0 spiro atoms. The van der Waals surface area contributed by atoms with E-state index in [1.54, 1.807) is 0 Å². The van der Waals surface area contributed by atoms with Gasteiger partial charge >= 0.3 is 0 Å². The third-order valence-corrected chi connectivity index (χ3v) is 3.63. The van der Waals surface area contributed by atoms with Gasteiger partial charge in [-0.25, -0.2) is 0 Å². The van der Waals surface area contributed by atoms with Gasteiger partial charge in [0.2, 0.25) is 5.28 Å². The third-order valence-electron chi connectivity index (χ3n) is 3.22. The minimum Gasteiger partial charge on any atom is -0.357 e. The van der Waals surface area contributed by atoms with Crippen molar-refractivity contribution in [1.82, 2.24) is 15.2 Å². The molecule has 6 heteroatoms. The first-order valence-corrected chi connectivity index (χ1v) is 6.69. The molecule has 4 nitrogen and oxygen atoms in total. The fourth-order valence-electron chi connectivity index (χ4n) is 2.37. The number of hydrogen-bond acceptors (Lipinski definition) is 4. The van der Waals surface area contributed by atoms with Crippen LogP contribution in [0.2, 0.25) is 10.4 Å². The average molecular weight is 275 g/mol. The Hall–Kier alpha value is -0.610. The summed E-state index contributed by atoms with van der Waals surface area (Å²) in [6, 6.07) is 0. The maximum atomic E-state index is 5.97. The monoisotopic (exact) mass is 274 g/mol. The third kappa shape index (κ3) is 3.42. The zero-order chi connectivity index (χ0) is 12.3. The van der Waals surface area contributed by atoms with E-state index in [-0.39, 0.29) is 5.28 Å². The lowest BCUT2D eigenvalue weighted by molar-refractivity contribution is 0.361. The van der Waals surface area contributed by atoms with Gasteiger partial charge in [-0.3, -0.25) is 0 Å². The summed E-state index contributed by atoms with van der Waals surface area (Å²) in [4.78, 5) is 6.15. The van der Waals surface area contributed by atoms with Crippen LogP contribution in [0.3, 0.4) is 0 Å². The number of nitrogens with zero attached hydrogens (tertiary/aromatic N) is 4. The lowest BCUT2D eigenvalue weighted by Crippen LogP contribution is -2.28. The maximum absolute atomic E-state index is 5.97. The van der Waals surface area contributed by atoms with Crippen molar-refractivity contribution in [2.45, 2.75) is 32.1 Å². The first kappa shape index (κ1) is 12.8. The molecule has 0 unspecified atom stereocenters. The van der Waals surface area contributed by atoms with E-state index in [0.717, 1.165) is 12.5 Å². The predicted octanol–water partition coefficient (Wildman–Crippen LogP) is 3.19. The lowest BCUT2D eigenvalue weighted by atomic mass is 9.89. The Kier molecular flexibility index (Phi) is 4.40. The molecule has 1 aromatic rings. The smallest absolute Gasteiger partial charge is 0.245 e. The molecule has 1 aliphatic rings. The molecule has 0 saturated heterocycles. The Balaban J connectivity index is 2.02. The van der Waals surface area contributed by atoms with Crippen molar-refractivity contribution in [2.24, 2.45) is 5.92 Å². The average Bonchev–Trinajstić information content (AvgIpc) is 2.33. The summed E-state index contributed by atoms with van der Waals surface area (Å²) in [5.74, 6) is 1.34. The van der Waals surface area contributed by atoms with E-state index < -0.39 is 0 Å². The largest absolute Gasteiger partial charge is 0.357 e. The Morgan fingerprint density at radius 1 is 1.18 bits per heavy atom. The zero-order valence-corrected chi connectivity index (χ0v) is 11.4. The molecule has 0 atom stereocenters. The van der Waals surface area contributed by atoms with Gasteiger partial charge in [-0.15, -0.1) is 10.2 Å². The van der Waals surface area contributed by atoms with Crippen LogP contribution in [-0.4, -0.2) is 28.8 Å². The fourth-order valence-corrected chi connectivity index (χ4v) is 2.71. The van der Waals surface area contributed by atoms with Gasteiger partial charge in [-0.05, 0) is 30.4 Å². The van der Waals surface area contributed by atoms with E-state index >= 15 is 0 Å². The highest BCUT2D eigenvalue weighted by molar-refractivity contribution is 6.32. The van der Waals surface area contributed by atoms with Crippen molar-refractivity contribution in [3.05, 3.63) is 10.4 Å². The normalized spacial score (nSPS) is 17.1. The number of halogens is 2. The van der Waals surface area contributed by atoms with Crippen LogP contribution in [0.4, 0.5) is 5.82 Å². The summed E-state index contributed by atoms with van der Waals surface area (Å²) in [6.45, 7) is 0.953. The van der Waals surface area contributed by atoms with Crippen LogP contribution in [-0.2, 0) is 0 Å². The van der Waals surface area contributed by atoms with E-state index in [2.05, 4.69) is 15.2 Å². The molecule has 1 saturated carbocycles. The molecule has 0 aliphatic heterocycles. The van der Waals surface area contributed by atoms with Gasteiger partial charge in [0, 0.05) is 13.6 Å². The van der Waals surface area contributed by atoms with Crippen LogP contribution in [0.5, 0.6) is 0 Å². The van der Waals surface area contributed by atoms with Gasteiger partial charge in [-0.2, -0.15) is 4.98 Å². The molecule has 0 radical (unpaired) electrons. The highest BCUT2D eigenvalue weighted by Gasteiger charge is 2.18. The van der Waals surface area contributed by atoms with Crippen LogP contribution in [0.25, 0.3) is 0 Å². The second-order valence-electron chi connectivity index (χ2n) is 4.58. The number of hydrogen-bond donors (Lipinski definition) is 0. The van der Waals surface area contributed by atoms with E-state index in [1.165, 1.54) is 32.1 Å². The summed E-state index contributed by atoms with van der Waals surface area (Å²) in [5.41, 5.74) is 0. The van der Waals surface area contributed by atoms with Gasteiger partial charge in [0.25, 0.3) is 0 Å². The minimum atomic E-state index is 0.139. The second kappa shape index (κ2) is 5.83. The van der Waals surface area contributed by atoms with Gasteiger partial charge in [0.15, 0.2) is 11.0 Å². The van der Waals surface area contributed by atoms with Crippen molar-refractivity contribution in [3.8, 4) is 0 Å². The molecule has 17 heavy (non-hydrogen) atoms. The van der Waals surface area contributed by atoms with Crippen LogP contribution >= 0.6 is 23.2 Å². The molecular weight excluding hydrogens is 259 g/mol. The van der Waals surface area contributed by atoms with Crippen molar-refractivity contribution in [1.29, 1.82) is 0 Å². The Labute approximate surface area is 111 Å². The number of anilines is 1. The zero-order valence-electron chi connectivity index (χ0n) is 9.86. The highest BCUT2D eigenvalue weighted by atomic mass is 35.5. The van der Waals surface area contributed by atoms with Crippen LogP contribution in [0.15, 0.2) is 0 Å². The molecule has 0 amide bonds. The summed E-state index contributed by atoms with van der Waals surface area (Å²) in [7, 11) is 1.97. The Bertz CT molecular complexity index is 380. The van der Waals surface area contributed by atoms with Crippen LogP contribution < -0.4 is 4.90 Å². The topological polar surface area (TPSA) is 41.9 Å². The lowest BCUT2D eigenvalue weighted by Gasteiger charge is -2.27. The molecular formula is C11H16Cl2N4. The first-order valence-electron chi connectivity index (χ1n) is 5.93. The molecule has 0 N–H and O–H groups in total. The molecule has 1 aliphatic carbocycles. The minimum absolute atomic E-state index is 0.139. The van der Waals surface area contributed by atoms with Crippen molar-refractivity contribution < 1.29 is 0 Å². The summed E-state index contributed by atoms with van der Waals surface area (Å²) in [5, 5.41) is 7.84. The number of rotatable bonds is 3. The van der Waals surface area contributed by atoms with Crippen molar-refractivity contribution >= 4 is 29.0 Å². The number of aromatic nitrogens is 3. The molecule has 94 valence electrons. The van der Waals surface area contributed by atoms with Gasteiger partial charge in [0.05, 0.1) is 0 Å². The van der Waals surface area contributed by atoms with Crippen LogP contribution in [0.1, 0.15) is 32.1 Å². The molecule has 0 aromatic carbocycles. The van der Waals surface area contributed by atoms with E-state index in [1.807, 2.05) is 11.9 Å². The molecule has 1 fully saturated rings. The Morgan fingerprint density at radius 3 is 2.59 bits per heavy atom. The predicted molar refractivity (Wildman–Crippen MR) is 69.7 cm³/mol. The summed E-state index contributed by atoms with van der Waals surface area (Å²) >= 11 is 11.7. The van der Waals surface area contributed by atoms with Gasteiger partial charge in [0.1, 0.15) is 0 Å². The second-order valence-corrected chi connectivity index (χ2v) is 5.28. The SMILES string of the molecule is CN(CC1CCCCC1)c1nc(Cl)nnc1Cl. The van der Waals surface area contributed by atoms with Gasteiger partial charge in [-0.1, -0.05) is 30.9 Å². The van der Waals surface area contributed by atoms with Gasteiger partial charge < -0.3 is 4.90 Å². The highest BCUT2D eigenvalue weighted by Crippen LogP contribution is 2.27. The maximum Gasteiger partial charge on any atom is 0.245 e. The molecule has 2 rings (SSSR count). The summed E-state index contributed by atoms with van der Waals surface area (Å²) in [6.07, 6.45) is 6.59. The quantitative estimate of drug-likeness (QED) is 0.849. The first-order chi connectivity index (χ1) is 8.16. The van der Waals surface area contributed by atoms with Crippen molar-refractivity contribution in [2.75, 3.05) is 18.5 Å². The standard InChI is InChI=1S/C11H16Cl2N4/c1-17(7-8-5-3-2-4-6-8)10-9(12)15-16-11(13)14-10/h8H,2-7H2,1H3. The molecule has 0 bridgehead atoms. The van der Waals surface area contributed by atoms with E-state index in [4.69, 9.17) is 23.2 Å². The summed E-state index contributed by atoms with van der Waals surface area (Å²) < 4.78 is 0. The van der Waals surface area contributed by atoms with E-state index in [0.29, 0.717) is 11.0 Å².